The maximum Gasteiger partial charge on any atom is 0.317 e. The summed E-state index contributed by atoms with van der Waals surface area (Å²) in [6, 6.07) is 28.1. The van der Waals surface area contributed by atoms with Crippen molar-refractivity contribution in [2.75, 3.05) is 11.9 Å². The van der Waals surface area contributed by atoms with Gasteiger partial charge in [0.15, 0.2) is 0 Å². The Morgan fingerprint density at radius 3 is 2.50 bits per heavy atom. The lowest BCUT2D eigenvalue weighted by molar-refractivity contribution is -0.119. The Bertz CT molecular complexity index is 1480. The first kappa shape index (κ1) is 23.6. The molecule has 0 aromatic heterocycles. The molecule has 7 heteroatoms. The minimum Gasteiger partial charge on any atom is -0.332 e. The molecule has 0 saturated heterocycles. The molecule has 1 heterocycles. The predicted molar refractivity (Wildman–Crippen MR) is 145 cm³/mol. The highest BCUT2D eigenvalue weighted by Gasteiger charge is 2.31. The molecule has 2 N–H and O–H groups in total. The van der Waals surface area contributed by atoms with Crippen LogP contribution in [0.25, 0.3) is 10.8 Å². The number of rotatable bonds is 4. The largest absolute Gasteiger partial charge is 0.332 e. The minimum atomic E-state index is -1.11. The molecule has 0 radical (unpaired) electrons. The molecule has 2 unspecified atom stereocenters. The molecule has 0 saturated carbocycles. The number of aliphatic imine (C=N–C) groups is 1. The number of hydrogen-bond donors (Lipinski definition) is 2. The third-order valence-corrected chi connectivity index (χ3v) is 6.59. The van der Waals surface area contributed by atoms with Crippen LogP contribution < -0.4 is 15.5 Å². The molecule has 4 aromatic carbocycles. The van der Waals surface area contributed by atoms with Crippen molar-refractivity contribution in [1.82, 2.24) is 10.6 Å². The van der Waals surface area contributed by atoms with Gasteiger partial charge in [0.1, 0.15) is 0 Å². The van der Waals surface area contributed by atoms with Gasteiger partial charge in [-0.3, -0.25) is 4.79 Å². The van der Waals surface area contributed by atoms with Crippen LogP contribution in [0.2, 0.25) is 5.02 Å². The van der Waals surface area contributed by atoms with Gasteiger partial charge in [-0.15, -0.1) is 0 Å². The van der Waals surface area contributed by atoms with E-state index in [9.17, 15) is 9.59 Å². The predicted octanol–water partition coefficient (Wildman–Crippen LogP) is 5.69. The second-order valence-electron chi connectivity index (χ2n) is 8.71. The smallest absolute Gasteiger partial charge is 0.317 e. The summed E-state index contributed by atoms with van der Waals surface area (Å²) in [6.45, 7) is 1.92. The fraction of sp³-hybridized carbons (Fsp3) is 0.138. The number of benzodiazepines with no additional fused rings is 1. The van der Waals surface area contributed by atoms with Crippen molar-refractivity contribution < 1.29 is 9.59 Å². The highest BCUT2D eigenvalue weighted by molar-refractivity contribution is 6.32. The van der Waals surface area contributed by atoms with Crippen molar-refractivity contribution in [3.05, 3.63) is 113 Å². The molecular weight excluding hydrogens is 472 g/mol. The van der Waals surface area contributed by atoms with Crippen LogP contribution in [0.15, 0.2) is 96.0 Å². The number of urea groups is 1. The van der Waals surface area contributed by atoms with E-state index in [2.05, 4.69) is 10.6 Å². The van der Waals surface area contributed by atoms with Gasteiger partial charge in [-0.05, 0) is 41.5 Å². The molecule has 180 valence electrons. The Hall–Kier alpha value is -4.16. The summed E-state index contributed by atoms with van der Waals surface area (Å²) in [6.07, 6.45) is -1.11. The Labute approximate surface area is 214 Å². The normalized spacial score (nSPS) is 16.1. The molecule has 2 atom stereocenters. The molecule has 1 aliphatic heterocycles. The summed E-state index contributed by atoms with van der Waals surface area (Å²) < 4.78 is 0. The van der Waals surface area contributed by atoms with Gasteiger partial charge in [-0.2, -0.15) is 0 Å². The molecule has 1 aliphatic rings. The standard InChI is InChI=1S/C29H25ClN4O2/c1-18(22-14-8-12-19-9-6-7-13-23(19)22)31-29(36)33-27-28(35)34(2)25-16-15-21(30)17-24(25)26(32-27)20-10-4-3-5-11-20/h3-18,27H,1-2H3,(H2,31,33,36). The topological polar surface area (TPSA) is 73.8 Å². The second kappa shape index (κ2) is 9.84. The zero-order valence-corrected chi connectivity index (χ0v) is 20.7. The number of nitrogens with one attached hydrogen (secondary N) is 2. The summed E-state index contributed by atoms with van der Waals surface area (Å²) in [7, 11) is 1.67. The van der Waals surface area contributed by atoms with Crippen LogP contribution in [0, 0.1) is 0 Å². The van der Waals surface area contributed by atoms with Crippen molar-refractivity contribution in [1.29, 1.82) is 0 Å². The third-order valence-electron chi connectivity index (χ3n) is 6.35. The number of hydrogen-bond acceptors (Lipinski definition) is 3. The van der Waals surface area contributed by atoms with Crippen LogP contribution in [-0.2, 0) is 4.79 Å². The highest BCUT2D eigenvalue weighted by Crippen LogP contribution is 2.30. The van der Waals surface area contributed by atoms with Gasteiger partial charge < -0.3 is 15.5 Å². The number of benzene rings is 4. The Balaban J connectivity index is 1.45. The SMILES string of the molecule is CC(NC(=O)NC1N=C(c2ccccc2)c2cc(Cl)ccc2N(C)C1=O)c1cccc2ccccc12. The van der Waals surface area contributed by atoms with Gasteiger partial charge in [0.2, 0.25) is 6.17 Å². The van der Waals surface area contributed by atoms with E-state index in [0.29, 0.717) is 16.4 Å². The van der Waals surface area contributed by atoms with Crippen LogP contribution in [0.3, 0.4) is 0 Å². The fourth-order valence-corrected chi connectivity index (χ4v) is 4.71. The van der Waals surface area contributed by atoms with Crippen molar-refractivity contribution >= 4 is 45.7 Å². The summed E-state index contributed by atoms with van der Waals surface area (Å²) in [5.41, 5.74) is 3.78. The Morgan fingerprint density at radius 2 is 1.69 bits per heavy atom. The van der Waals surface area contributed by atoms with E-state index in [-0.39, 0.29) is 11.9 Å². The number of carbonyl (C=O) groups excluding carboxylic acids is 2. The number of anilines is 1. The molecule has 0 fully saturated rings. The number of halogens is 1. The molecule has 0 aliphatic carbocycles. The quantitative estimate of drug-likeness (QED) is 0.380. The molecule has 3 amide bonds. The summed E-state index contributed by atoms with van der Waals surface area (Å²) >= 11 is 6.31. The van der Waals surface area contributed by atoms with Crippen molar-refractivity contribution in [3.63, 3.8) is 0 Å². The lowest BCUT2D eigenvalue weighted by atomic mass is 10.00. The second-order valence-corrected chi connectivity index (χ2v) is 9.15. The average Bonchev–Trinajstić information content (AvgIpc) is 2.99. The van der Waals surface area contributed by atoms with Gasteiger partial charge in [-0.1, -0.05) is 84.4 Å². The zero-order valence-electron chi connectivity index (χ0n) is 19.9. The van der Waals surface area contributed by atoms with E-state index in [1.807, 2.05) is 79.7 Å². The summed E-state index contributed by atoms with van der Waals surface area (Å²) in [5, 5.41) is 8.43. The first-order chi connectivity index (χ1) is 17.4. The van der Waals surface area contributed by atoms with E-state index in [4.69, 9.17) is 16.6 Å². The zero-order chi connectivity index (χ0) is 25.2. The highest BCUT2D eigenvalue weighted by atomic mass is 35.5. The average molecular weight is 497 g/mol. The fourth-order valence-electron chi connectivity index (χ4n) is 4.53. The van der Waals surface area contributed by atoms with Crippen LogP contribution in [0.5, 0.6) is 0 Å². The van der Waals surface area contributed by atoms with Gasteiger partial charge in [0.05, 0.1) is 17.4 Å². The van der Waals surface area contributed by atoms with E-state index < -0.39 is 12.2 Å². The molecule has 6 nitrogen and oxygen atoms in total. The number of likely N-dealkylation sites (N-methyl/N-ethyl adjacent to an activating group) is 1. The molecule has 5 rings (SSSR count). The van der Waals surface area contributed by atoms with E-state index in [0.717, 1.165) is 27.5 Å². The molecule has 0 bridgehead atoms. The van der Waals surface area contributed by atoms with Crippen molar-refractivity contribution in [3.8, 4) is 0 Å². The van der Waals surface area contributed by atoms with Crippen LogP contribution >= 0.6 is 11.6 Å². The Kier molecular flexibility index (Phi) is 6.44. The number of amides is 3. The van der Waals surface area contributed by atoms with Gasteiger partial charge in [-0.25, -0.2) is 9.79 Å². The van der Waals surface area contributed by atoms with E-state index >= 15 is 0 Å². The summed E-state index contributed by atoms with van der Waals surface area (Å²) in [5.74, 6) is -0.350. The number of nitrogens with zero attached hydrogens (tertiary/aromatic N) is 2. The lowest BCUT2D eigenvalue weighted by Crippen LogP contribution is -2.49. The molecule has 0 spiro atoms. The number of carbonyl (C=O) groups is 2. The van der Waals surface area contributed by atoms with E-state index in [1.165, 1.54) is 4.90 Å². The van der Waals surface area contributed by atoms with Crippen LogP contribution in [-0.4, -0.2) is 30.9 Å². The molecule has 4 aromatic rings. The van der Waals surface area contributed by atoms with Crippen molar-refractivity contribution in [2.24, 2.45) is 4.99 Å². The van der Waals surface area contributed by atoms with Crippen LogP contribution in [0.4, 0.5) is 10.5 Å². The third kappa shape index (κ3) is 4.55. The minimum absolute atomic E-state index is 0.289. The van der Waals surface area contributed by atoms with Gasteiger partial charge in [0, 0.05) is 23.2 Å². The summed E-state index contributed by atoms with van der Waals surface area (Å²) in [4.78, 5) is 32.7. The number of fused-ring (bicyclic) bond motifs is 2. The first-order valence-electron chi connectivity index (χ1n) is 11.7. The molecular formula is C29H25ClN4O2. The monoisotopic (exact) mass is 496 g/mol. The maximum atomic E-state index is 13.4. The van der Waals surface area contributed by atoms with Gasteiger partial charge in [0.25, 0.3) is 5.91 Å². The molecule has 36 heavy (non-hydrogen) atoms. The Morgan fingerprint density at radius 1 is 0.972 bits per heavy atom. The lowest BCUT2D eigenvalue weighted by Gasteiger charge is -2.22. The van der Waals surface area contributed by atoms with E-state index in [1.54, 1.807) is 25.2 Å². The van der Waals surface area contributed by atoms with Gasteiger partial charge >= 0.3 is 6.03 Å². The first-order valence-corrected chi connectivity index (χ1v) is 12.1. The maximum absolute atomic E-state index is 13.4. The van der Waals surface area contributed by atoms with Crippen molar-refractivity contribution in [2.45, 2.75) is 19.1 Å². The van der Waals surface area contributed by atoms with Crippen LogP contribution in [0.1, 0.15) is 29.7 Å².